The number of rotatable bonds is 5. The molecule has 17 heavy (non-hydrogen) atoms. The maximum atomic E-state index is 12.2. The van der Waals surface area contributed by atoms with Crippen LogP contribution in [0.15, 0.2) is 30.3 Å². The van der Waals surface area contributed by atoms with E-state index in [0.29, 0.717) is 0 Å². The Balaban J connectivity index is 2.96. The maximum Gasteiger partial charge on any atom is 0.217 e. The van der Waals surface area contributed by atoms with Crippen molar-refractivity contribution >= 4 is 11.7 Å². The quantitative estimate of drug-likeness (QED) is 0.849. The lowest BCUT2D eigenvalue weighted by Crippen LogP contribution is -2.34. The van der Waals surface area contributed by atoms with Crippen molar-refractivity contribution in [3.63, 3.8) is 0 Å². The summed E-state index contributed by atoms with van der Waals surface area (Å²) in [5, 5.41) is 2.72. The monoisotopic (exact) mass is 233 g/mol. The lowest BCUT2D eigenvalue weighted by Gasteiger charge is -2.20. The molecule has 1 aromatic carbocycles. The van der Waals surface area contributed by atoms with Gasteiger partial charge in [0.1, 0.15) is 6.04 Å². The Kier molecular flexibility index (Phi) is 4.88. The molecule has 0 saturated carbocycles. The second kappa shape index (κ2) is 6.18. The maximum absolute atomic E-state index is 12.2. The van der Waals surface area contributed by atoms with Crippen molar-refractivity contribution in [1.82, 2.24) is 5.32 Å². The topological polar surface area (TPSA) is 46.2 Å². The summed E-state index contributed by atoms with van der Waals surface area (Å²) in [6, 6.07) is 8.83. The smallest absolute Gasteiger partial charge is 0.217 e. The fourth-order valence-corrected chi connectivity index (χ4v) is 1.65. The summed E-state index contributed by atoms with van der Waals surface area (Å²) in [5.74, 6) is -0.170. The van der Waals surface area contributed by atoms with Crippen molar-refractivity contribution in [1.29, 1.82) is 0 Å². The van der Waals surface area contributed by atoms with E-state index in [-0.39, 0.29) is 17.6 Å². The molecule has 0 aliphatic heterocycles. The number of hydrogen-bond donors (Lipinski definition) is 1. The number of carbonyl (C=O) groups excluding carboxylic acids is 2. The summed E-state index contributed by atoms with van der Waals surface area (Å²) in [6.07, 6.45) is 0.780. The molecule has 1 N–H and O–H groups in total. The number of carbonyl (C=O) groups is 2. The molecule has 0 fully saturated rings. The molecule has 3 heteroatoms. The minimum absolute atomic E-state index is 0.0490. The minimum Gasteiger partial charge on any atom is -0.342 e. The third-order valence-electron chi connectivity index (χ3n) is 2.86. The number of ketones is 1. The Labute approximate surface area is 102 Å². The van der Waals surface area contributed by atoms with Crippen molar-refractivity contribution in [3.8, 4) is 0 Å². The molecule has 0 aliphatic rings. The van der Waals surface area contributed by atoms with Gasteiger partial charge in [0.05, 0.1) is 0 Å². The minimum atomic E-state index is -0.524. The fourth-order valence-electron chi connectivity index (χ4n) is 1.65. The van der Waals surface area contributed by atoms with E-state index >= 15 is 0 Å². The van der Waals surface area contributed by atoms with Crippen molar-refractivity contribution in [3.05, 3.63) is 35.9 Å². The molecule has 2 atom stereocenters. The Morgan fingerprint density at radius 1 is 1.24 bits per heavy atom. The Hall–Kier alpha value is -1.64. The number of hydrogen-bond acceptors (Lipinski definition) is 2. The van der Waals surface area contributed by atoms with Gasteiger partial charge in [-0.25, -0.2) is 0 Å². The first-order valence-electron chi connectivity index (χ1n) is 5.92. The average molecular weight is 233 g/mol. The summed E-state index contributed by atoms with van der Waals surface area (Å²) in [4.78, 5) is 23.4. The SMILES string of the molecule is CCC(C)C(=O)[C@H](NC(C)=O)c1ccccc1. The third kappa shape index (κ3) is 3.70. The molecule has 0 heterocycles. The molecule has 92 valence electrons. The van der Waals surface area contributed by atoms with Crippen LogP contribution in [0.2, 0.25) is 0 Å². The molecule has 0 saturated heterocycles. The van der Waals surface area contributed by atoms with Crippen molar-refractivity contribution in [2.45, 2.75) is 33.2 Å². The zero-order chi connectivity index (χ0) is 12.8. The van der Waals surface area contributed by atoms with Crippen LogP contribution in [-0.2, 0) is 9.59 Å². The van der Waals surface area contributed by atoms with Crippen LogP contribution in [-0.4, -0.2) is 11.7 Å². The lowest BCUT2D eigenvalue weighted by molar-refractivity contribution is -0.129. The van der Waals surface area contributed by atoms with Gasteiger partial charge in [0.25, 0.3) is 0 Å². The third-order valence-corrected chi connectivity index (χ3v) is 2.86. The molecule has 1 unspecified atom stereocenters. The largest absolute Gasteiger partial charge is 0.342 e. The Morgan fingerprint density at radius 2 is 1.82 bits per heavy atom. The number of amides is 1. The molecule has 1 aromatic rings. The zero-order valence-electron chi connectivity index (χ0n) is 10.6. The molecule has 0 radical (unpaired) electrons. The van der Waals surface area contributed by atoms with Gasteiger partial charge in [-0.15, -0.1) is 0 Å². The number of Topliss-reactive ketones (excluding diaryl/α,β-unsaturated/α-hetero) is 1. The van der Waals surface area contributed by atoms with Crippen LogP contribution < -0.4 is 5.32 Å². The van der Waals surface area contributed by atoms with E-state index in [9.17, 15) is 9.59 Å². The highest BCUT2D eigenvalue weighted by Gasteiger charge is 2.24. The zero-order valence-corrected chi connectivity index (χ0v) is 10.6. The highest BCUT2D eigenvalue weighted by Crippen LogP contribution is 2.19. The van der Waals surface area contributed by atoms with Gasteiger partial charge in [-0.2, -0.15) is 0 Å². The standard InChI is InChI=1S/C14H19NO2/c1-4-10(2)14(17)13(15-11(3)16)12-8-6-5-7-9-12/h5-10,13H,4H2,1-3H3,(H,15,16)/t10?,13-/m1/s1. The number of benzene rings is 1. The van der Waals surface area contributed by atoms with Crippen LogP contribution in [0.5, 0.6) is 0 Å². The summed E-state index contributed by atoms with van der Waals surface area (Å²) in [6.45, 7) is 5.29. The van der Waals surface area contributed by atoms with E-state index in [1.165, 1.54) is 6.92 Å². The second-order valence-electron chi connectivity index (χ2n) is 4.26. The fraction of sp³-hybridized carbons (Fsp3) is 0.429. The molecule has 1 rings (SSSR count). The van der Waals surface area contributed by atoms with Crippen LogP contribution in [0.3, 0.4) is 0 Å². The van der Waals surface area contributed by atoms with E-state index < -0.39 is 6.04 Å². The first-order chi connectivity index (χ1) is 8.06. The molecular formula is C14H19NO2. The lowest BCUT2D eigenvalue weighted by atomic mass is 9.92. The first-order valence-corrected chi connectivity index (χ1v) is 5.92. The highest BCUT2D eigenvalue weighted by atomic mass is 16.2. The van der Waals surface area contributed by atoms with Gasteiger partial charge in [-0.3, -0.25) is 9.59 Å². The van der Waals surface area contributed by atoms with Gasteiger partial charge >= 0.3 is 0 Å². The van der Waals surface area contributed by atoms with Crippen LogP contribution in [0, 0.1) is 5.92 Å². The normalized spacial score (nSPS) is 13.8. The predicted octanol–water partition coefficient (Wildman–Crippen LogP) is 2.48. The summed E-state index contributed by atoms with van der Waals surface area (Å²) >= 11 is 0. The van der Waals surface area contributed by atoms with Gasteiger partial charge in [-0.05, 0) is 12.0 Å². The van der Waals surface area contributed by atoms with E-state index in [2.05, 4.69) is 5.32 Å². The van der Waals surface area contributed by atoms with E-state index in [1.54, 1.807) is 0 Å². The molecule has 3 nitrogen and oxygen atoms in total. The van der Waals surface area contributed by atoms with Gasteiger partial charge in [0.15, 0.2) is 5.78 Å². The molecule has 0 aliphatic carbocycles. The summed E-state index contributed by atoms with van der Waals surface area (Å²) < 4.78 is 0. The Morgan fingerprint density at radius 3 is 2.29 bits per heavy atom. The number of nitrogens with one attached hydrogen (secondary N) is 1. The van der Waals surface area contributed by atoms with Crippen LogP contribution in [0.25, 0.3) is 0 Å². The molecule has 0 spiro atoms. The van der Waals surface area contributed by atoms with Crippen molar-refractivity contribution in [2.24, 2.45) is 5.92 Å². The van der Waals surface area contributed by atoms with Gasteiger partial charge < -0.3 is 5.32 Å². The molecular weight excluding hydrogens is 214 g/mol. The average Bonchev–Trinajstić information content (AvgIpc) is 2.35. The van der Waals surface area contributed by atoms with Crippen LogP contribution in [0.4, 0.5) is 0 Å². The van der Waals surface area contributed by atoms with Crippen LogP contribution in [0.1, 0.15) is 38.8 Å². The summed E-state index contributed by atoms with van der Waals surface area (Å²) in [7, 11) is 0. The van der Waals surface area contributed by atoms with Crippen molar-refractivity contribution in [2.75, 3.05) is 0 Å². The van der Waals surface area contributed by atoms with Crippen LogP contribution >= 0.6 is 0 Å². The highest BCUT2D eigenvalue weighted by molar-refractivity contribution is 5.90. The molecule has 0 bridgehead atoms. The molecule has 1 amide bonds. The second-order valence-corrected chi connectivity index (χ2v) is 4.26. The van der Waals surface area contributed by atoms with E-state index in [4.69, 9.17) is 0 Å². The van der Waals surface area contributed by atoms with Gasteiger partial charge in [0.2, 0.25) is 5.91 Å². The predicted molar refractivity (Wildman–Crippen MR) is 67.5 cm³/mol. The first kappa shape index (κ1) is 13.4. The molecule has 0 aromatic heterocycles. The van der Waals surface area contributed by atoms with Gasteiger partial charge in [-0.1, -0.05) is 44.2 Å². The van der Waals surface area contributed by atoms with Crippen molar-refractivity contribution < 1.29 is 9.59 Å². The van der Waals surface area contributed by atoms with Gasteiger partial charge in [0, 0.05) is 12.8 Å². The summed E-state index contributed by atoms with van der Waals surface area (Å²) in [5.41, 5.74) is 0.841. The van der Waals surface area contributed by atoms with E-state index in [1.807, 2.05) is 44.2 Å². The van der Waals surface area contributed by atoms with E-state index in [0.717, 1.165) is 12.0 Å². The Bertz CT molecular complexity index is 386.